The molecular weight excluding hydrogens is 856 g/mol. The Morgan fingerprint density at radius 1 is 0.769 bits per heavy atom. The number of amides is 3. The number of carbonyl (C=O) groups excluding carboxylic acids is 3. The smallest absolute Gasteiger partial charge is 0.410 e. The van der Waals surface area contributed by atoms with E-state index < -0.39 is 96.7 Å². The van der Waals surface area contributed by atoms with Crippen molar-refractivity contribution in [2.75, 3.05) is 45.9 Å². The Bertz CT molecular complexity index is 1660. The van der Waals surface area contributed by atoms with Crippen molar-refractivity contribution in [2.24, 2.45) is 5.73 Å². The number of hydrogen-bond acceptors (Lipinski definition) is 17. The largest absolute Gasteiger partial charge is 0.483 e. The average molecular weight is 925 g/mol. The van der Waals surface area contributed by atoms with Crippen molar-refractivity contribution in [1.82, 2.24) is 15.1 Å². The monoisotopic (exact) mass is 924 g/mol. The van der Waals surface area contributed by atoms with E-state index in [1.807, 2.05) is 0 Å². The van der Waals surface area contributed by atoms with Crippen LogP contribution in [0.15, 0.2) is 60.7 Å². The minimum Gasteiger partial charge on any atom is -0.483 e. The first-order valence-corrected chi connectivity index (χ1v) is 21.3. The second kappa shape index (κ2) is 26.0. The first kappa shape index (κ1) is 54.8. The van der Waals surface area contributed by atoms with E-state index in [9.17, 15) is 45.0 Å². The molecule has 0 aliphatic carbocycles. The molecule has 10 N–H and O–H groups in total. The number of hydrogen-bond donors (Lipinski definition) is 9. The molecule has 0 radical (unpaired) electrons. The molecular formula is C44H68N4O17. The summed E-state index contributed by atoms with van der Waals surface area (Å²) in [4.78, 5) is 49.8. The quantitative estimate of drug-likeness (QED) is 0.0880. The lowest BCUT2D eigenvalue weighted by Gasteiger charge is -2.40. The predicted molar refractivity (Wildman–Crippen MR) is 231 cm³/mol. The predicted octanol–water partition coefficient (Wildman–Crippen LogP) is 0.779. The summed E-state index contributed by atoms with van der Waals surface area (Å²) in [5, 5.41) is 76.8. The number of benzene rings is 2. The van der Waals surface area contributed by atoms with Crippen LogP contribution in [0.5, 0.6) is 0 Å². The van der Waals surface area contributed by atoms with Crippen LogP contribution in [-0.4, -0.2) is 182 Å². The van der Waals surface area contributed by atoms with Gasteiger partial charge < -0.3 is 75.2 Å². The normalized spacial score (nSPS) is 23.6. The third-order valence-electron chi connectivity index (χ3n) is 9.94. The Kier molecular flexibility index (Phi) is 21.9. The molecule has 2 aromatic carbocycles. The van der Waals surface area contributed by atoms with E-state index in [0.29, 0.717) is 11.1 Å². The summed E-state index contributed by atoms with van der Waals surface area (Å²) in [5.41, 5.74) is 5.31. The van der Waals surface area contributed by atoms with Gasteiger partial charge in [0.2, 0.25) is 5.91 Å². The van der Waals surface area contributed by atoms with Crippen LogP contribution in [0.1, 0.15) is 78.1 Å². The Balaban J connectivity index is 0.00000363. The standard InChI is InChI=1S/C43H66N4O15.CH2O2/c1-42(2,3)61-40(55)45-19-18-28(37(44)54)47(41(56)62-43(4,5)6)21-13-20-46(22-29(48)33(52)35-31(50)24-57-38(59-35)26-14-9-7-10-15-26)23-30(49)34(53)36-32(51)25-58-39(60-36)27-16-11-8-12-17-27;2-1-3/h7-12,14-17,28-36,38-39,48-53H,13,18-25H2,1-6H3,(H2,44,54)(H,45,55);1H,(H,2,3)/t28-,29-,30-,31+,32+,33+,34+,35+,36+,38?,39?;/m0./s1. The van der Waals surface area contributed by atoms with E-state index in [4.69, 9.17) is 44.1 Å². The lowest BCUT2D eigenvalue weighted by atomic mass is 9.99. The fraction of sp³-hybridized carbons (Fsp3) is 0.636. The highest BCUT2D eigenvalue weighted by atomic mass is 16.7. The number of aliphatic hydroxyl groups is 6. The number of nitrogens with zero attached hydrogens (tertiary/aromatic N) is 2. The highest BCUT2D eigenvalue weighted by Crippen LogP contribution is 2.31. The molecule has 21 heteroatoms. The van der Waals surface area contributed by atoms with Gasteiger partial charge in [0, 0.05) is 43.9 Å². The number of rotatable bonds is 19. The van der Waals surface area contributed by atoms with Gasteiger partial charge in [-0.3, -0.25) is 19.4 Å². The zero-order chi connectivity index (χ0) is 48.5. The van der Waals surface area contributed by atoms with Crippen LogP contribution < -0.4 is 11.1 Å². The average Bonchev–Trinajstić information content (AvgIpc) is 3.23. The molecule has 0 aromatic heterocycles. The topological polar surface area (TPSA) is 310 Å². The fourth-order valence-corrected chi connectivity index (χ4v) is 6.97. The van der Waals surface area contributed by atoms with Crippen molar-refractivity contribution in [2.45, 2.75) is 133 Å². The van der Waals surface area contributed by atoms with Crippen molar-refractivity contribution in [3.8, 4) is 0 Å². The summed E-state index contributed by atoms with van der Waals surface area (Å²) in [6.07, 6.45) is -15.3. The van der Waals surface area contributed by atoms with Crippen LogP contribution >= 0.6 is 0 Å². The molecule has 2 saturated heterocycles. The zero-order valence-electron chi connectivity index (χ0n) is 37.8. The van der Waals surface area contributed by atoms with Gasteiger partial charge in [0.15, 0.2) is 12.6 Å². The molecule has 0 bridgehead atoms. The van der Waals surface area contributed by atoms with Crippen LogP contribution in [0, 0.1) is 0 Å². The molecule has 2 heterocycles. The zero-order valence-corrected chi connectivity index (χ0v) is 37.8. The summed E-state index contributed by atoms with van der Waals surface area (Å²) < 4.78 is 34.0. The third-order valence-corrected chi connectivity index (χ3v) is 9.94. The van der Waals surface area contributed by atoms with Crippen LogP contribution in [0.2, 0.25) is 0 Å². The molecule has 0 saturated carbocycles. The second-order valence-electron chi connectivity index (χ2n) is 17.6. The summed E-state index contributed by atoms with van der Waals surface area (Å²) in [7, 11) is 0. The Hall–Kier alpha value is -4.52. The van der Waals surface area contributed by atoms with E-state index in [0.717, 1.165) is 4.90 Å². The van der Waals surface area contributed by atoms with E-state index in [-0.39, 0.29) is 65.3 Å². The number of primary amides is 1. The summed E-state index contributed by atoms with van der Waals surface area (Å²) in [6, 6.07) is 16.4. The van der Waals surface area contributed by atoms with Gasteiger partial charge in [0.1, 0.15) is 53.9 Å². The molecule has 21 nitrogen and oxygen atoms in total. The van der Waals surface area contributed by atoms with Gasteiger partial charge in [-0.05, 0) is 54.4 Å². The van der Waals surface area contributed by atoms with Crippen LogP contribution in [-0.2, 0) is 38.0 Å². The molecule has 2 aromatic rings. The maximum Gasteiger partial charge on any atom is 0.410 e. The maximum absolute atomic E-state index is 13.6. The minimum atomic E-state index is -1.67. The van der Waals surface area contributed by atoms with Crippen LogP contribution in [0.3, 0.4) is 0 Å². The first-order chi connectivity index (χ1) is 30.5. The number of carbonyl (C=O) groups is 4. The molecule has 2 unspecified atom stereocenters. The first-order valence-electron chi connectivity index (χ1n) is 21.3. The van der Waals surface area contributed by atoms with E-state index in [1.54, 1.807) is 102 Å². The fourth-order valence-electron chi connectivity index (χ4n) is 6.97. The molecule has 2 aliphatic heterocycles. The van der Waals surface area contributed by atoms with Gasteiger partial charge in [0.25, 0.3) is 6.47 Å². The van der Waals surface area contributed by atoms with Crippen LogP contribution in [0.4, 0.5) is 9.59 Å². The summed E-state index contributed by atoms with van der Waals surface area (Å²) in [5.74, 6) is -0.872. The molecule has 4 rings (SSSR count). The SMILES string of the molecule is CC(C)(C)OC(=O)NCC[C@@H](C(N)=O)N(CCCN(C[C@H](O)[C@@H](O)[C@@H]1OC(c2ccccc2)OC[C@H]1O)C[C@H](O)[C@@H](O)[C@@H]1OC(c2ccccc2)OC[C@H]1O)C(=O)OC(C)(C)C.O=CO. The minimum absolute atomic E-state index is 0.0256. The highest BCUT2D eigenvalue weighted by Gasteiger charge is 2.42. The number of nitrogens with two attached hydrogens (primary N) is 1. The van der Waals surface area contributed by atoms with Crippen molar-refractivity contribution >= 4 is 24.6 Å². The van der Waals surface area contributed by atoms with E-state index in [1.165, 1.54) is 4.90 Å². The Morgan fingerprint density at radius 2 is 1.20 bits per heavy atom. The molecule has 11 atom stereocenters. The van der Waals surface area contributed by atoms with Gasteiger partial charge in [-0.1, -0.05) is 60.7 Å². The van der Waals surface area contributed by atoms with Crippen molar-refractivity contribution < 1.29 is 83.3 Å². The molecule has 3 amide bonds. The molecule has 2 fully saturated rings. The van der Waals surface area contributed by atoms with Crippen molar-refractivity contribution in [3.63, 3.8) is 0 Å². The number of ether oxygens (including phenoxy) is 6. The molecule has 0 spiro atoms. The van der Waals surface area contributed by atoms with Crippen molar-refractivity contribution in [3.05, 3.63) is 71.8 Å². The lowest BCUT2D eigenvalue weighted by molar-refractivity contribution is -0.285. The molecule has 65 heavy (non-hydrogen) atoms. The second-order valence-corrected chi connectivity index (χ2v) is 17.6. The van der Waals surface area contributed by atoms with Gasteiger partial charge in [0.05, 0.1) is 25.4 Å². The van der Waals surface area contributed by atoms with Gasteiger partial charge in [-0.2, -0.15) is 0 Å². The summed E-state index contributed by atoms with van der Waals surface area (Å²) >= 11 is 0. The summed E-state index contributed by atoms with van der Waals surface area (Å²) in [6.45, 7) is 8.40. The van der Waals surface area contributed by atoms with Crippen LogP contribution in [0.25, 0.3) is 0 Å². The molecule has 366 valence electrons. The van der Waals surface area contributed by atoms with E-state index >= 15 is 0 Å². The van der Waals surface area contributed by atoms with E-state index in [2.05, 4.69) is 5.32 Å². The number of carboxylic acid groups (broad SMARTS) is 1. The van der Waals surface area contributed by atoms with Crippen molar-refractivity contribution in [1.29, 1.82) is 0 Å². The lowest BCUT2D eigenvalue weighted by Crippen LogP contribution is -2.56. The van der Waals surface area contributed by atoms with Gasteiger partial charge in [-0.25, -0.2) is 9.59 Å². The Morgan fingerprint density at radius 3 is 1.60 bits per heavy atom. The van der Waals surface area contributed by atoms with Gasteiger partial charge in [-0.15, -0.1) is 0 Å². The molecule has 2 aliphatic rings. The number of aliphatic hydroxyl groups excluding tert-OH is 6. The highest BCUT2D eigenvalue weighted by molar-refractivity contribution is 5.84. The number of alkyl carbamates (subject to hydrolysis) is 1. The maximum atomic E-state index is 13.6. The third kappa shape index (κ3) is 18.4. The Labute approximate surface area is 378 Å². The number of nitrogens with one attached hydrogen (secondary N) is 1. The van der Waals surface area contributed by atoms with Gasteiger partial charge >= 0.3 is 12.2 Å².